The van der Waals surface area contributed by atoms with Crippen LogP contribution in [0, 0.1) is 0 Å². The van der Waals surface area contributed by atoms with Crippen molar-refractivity contribution in [2.75, 3.05) is 18.0 Å². The van der Waals surface area contributed by atoms with Crippen LogP contribution >= 0.6 is 0 Å². The lowest BCUT2D eigenvalue weighted by atomic mass is 9.67. The van der Waals surface area contributed by atoms with Crippen LogP contribution in [0.3, 0.4) is 0 Å². The van der Waals surface area contributed by atoms with Crippen LogP contribution in [0.15, 0.2) is 42.7 Å². The number of carbonyl (C=O) groups is 1. The molecule has 0 bridgehead atoms. The average Bonchev–Trinajstić information content (AvgIpc) is 2.69. The fourth-order valence-electron chi connectivity index (χ4n) is 4.44. The minimum absolute atomic E-state index is 0.0527. The summed E-state index contributed by atoms with van der Waals surface area (Å²) < 4.78 is 0. The topological polar surface area (TPSA) is 49.3 Å². The zero-order valence-electron chi connectivity index (χ0n) is 15.6. The Morgan fingerprint density at radius 1 is 1.12 bits per heavy atom. The number of aromatic nitrogens is 2. The fourth-order valence-corrected chi connectivity index (χ4v) is 4.44. The summed E-state index contributed by atoms with van der Waals surface area (Å²) in [6.07, 6.45) is 7.14. The van der Waals surface area contributed by atoms with Crippen LogP contribution in [0.5, 0.6) is 0 Å². The van der Waals surface area contributed by atoms with Gasteiger partial charge in [0, 0.05) is 30.3 Å². The largest absolute Gasteiger partial charge is 0.301 e. The normalized spacial score (nSPS) is 20.8. The van der Waals surface area contributed by atoms with Crippen LogP contribution in [-0.4, -0.2) is 39.9 Å². The second-order valence-corrected chi connectivity index (χ2v) is 7.55. The first-order valence-electron chi connectivity index (χ1n) is 9.58. The van der Waals surface area contributed by atoms with E-state index in [2.05, 4.69) is 40.8 Å². The predicted octanol–water partition coefficient (Wildman–Crippen LogP) is 3.68. The van der Waals surface area contributed by atoms with E-state index in [-0.39, 0.29) is 11.3 Å². The number of rotatable bonds is 3. The standard InChI is InChI=1S/C21H26N4O/c1-3-16(2)24-13-9-21(10-14-24)15-19(26)25(20-22-11-6-12-23-20)18-8-5-4-7-17(18)21/h4-8,11-12,16H,3,9-10,13-15H2,1-2H3. The smallest absolute Gasteiger partial charge is 0.236 e. The summed E-state index contributed by atoms with van der Waals surface area (Å²) in [5.74, 6) is 0.573. The van der Waals surface area contributed by atoms with Gasteiger partial charge in [0.25, 0.3) is 0 Å². The van der Waals surface area contributed by atoms with Gasteiger partial charge in [-0.25, -0.2) is 14.9 Å². The first-order valence-corrected chi connectivity index (χ1v) is 9.58. The molecule has 2 aliphatic rings. The van der Waals surface area contributed by atoms with Crippen molar-refractivity contribution >= 4 is 17.5 Å². The lowest BCUT2D eigenvalue weighted by Gasteiger charge is -2.48. The minimum Gasteiger partial charge on any atom is -0.301 e. The molecule has 1 unspecified atom stereocenters. The van der Waals surface area contributed by atoms with Gasteiger partial charge >= 0.3 is 0 Å². The van der Waals surface area contributed by atoms with E-state index in [1.807, 2.05) is 12.1 Å². The van der Waals surface area contributed by atoms with Crippen molar-refractivity contribution < 1.29 is 4.79 Å². The van der Waals surface area contributed by atoms with Crippen LogP contribution in [-0.2, 0) is 10.2 Å². The zero-order valence-corrected chi connectivity index (χ0v) is 15.6. The Balaban J connectivity index is 1.70. The molecule has 0 aliphatic carbocycles. The van der Waals surface area contributed by atoms with Gasteiger partial charge in [0.05, 0.1) is 5.69 Å². The Morgan fingerprint density at radius 2 is 1.81 bits per heavy atom. The van der Waals surface area contributed by atoms with Gasteiger partial charge in [-0.3, -0.25) is 4.79 Å². The van der Waals surface area contributed by atoms with Gasteiger partial charge in [-0.2, -0.15) is 0 Å². The maximum absolute atomic E-state index is 13.1. The number of amides is 1. The molecule has 1 saturated heterocycles. The summed E-state index contributed by atoms with van der Waals surface area (Å²) in [5.41, 5.74) is 2.17. The van der Waals surface area contributed by atoms with E-state index in [9.17, 15) is 4.79 Å². The third-order valence-electron chi connectivity index (χ3n) is 6.18. The van der Waals surface area contributed by atoms with Crippen molar-refractivity contribution in [2.24, 2.45) is 0 Å². The third-order valence-corrected chi connectivity index (χ3v) is 6.18. The van der Waals surface area contributed by atoms with Crippen molar-refractivity contribution in [1.82, 2.24) is 14.9 Å². The highest BCUT2D eigenvalue weighted by molar-refractivity contribution is 6.02. The summed E-state index contributed by atoms with van der Waals surface area (Å²) in [4.78, 5) is 26.0. The number of anilines is 2. The fraction of sp³-hybridized carbons (Fsp3) is 0.476. The lowest BCUT2D eigenvalue weighted by molar-refractivity contribution is -0.120. The molecule has 1 atom stereocenters. The van der Waals surface area contributed by atoms with Gasteiger partial charge in [0.15, 0.2) is 0 Å². The Morgan fingerprint density at radius 3 is 2.50 bits per heavy atom. The molecule has 2 aromatic rings. The van der Waals surface area contributed by atoms with Crippen LogP contribution < -0.4 is 4.90 Å². The summed E-state index contributed by atoms with van der Waals surface area (Å²) in [5, 5.41) is 0. The van der Waals surface area contributed by atoms with Crippen LogP contribution in [0.2, 0.25) is 0 Å². The SMILES string of the molecule is CCC(C)N1CCC2(CC1)CC(=O)N(c1ncccn1)c1ccccc12. The van der Waals surface area contributed by atoms with Gasteiger partial charge in [-0.05, 0) is 57.0 Å². The maximum Gasteiger partial charge on any atom is 0.236 e. The van der Waals surface area contributed by atoms with Crippen LogP contribution in [0.25, 0.3) is 0 Å². The molecular weight excluding hydrogens is 324 g/mol. The number of piperidine rings is 1. The van der Waals surface area contributed by atoms with E-state index in [4.69, 9.17) is 0 Å². The van der Waals surface area contributed by atoms with E-state index in [1.165, 1.54) is 12.0 Å². The Hall–Kier alpha value is -2.27. The molecule has 4 rings (SSSR count). The minimum atomic E-state index is -0.0527. The molecule has 1 spiro atoms. The number of hydrogen-bond donors (Lipinski definition) is 0. The number of fused-ring (bicyclic) bond motifs is 2. The molecular formula is C21H26N4O. The van der Waals surface area contributed by atoms with Gasteiger partial charge < -0.3 is 4.90 Å². The Kier molecular flexibility index (Phi) is 4.49. The Labute approximate surface area is 155 Å². The molecule has 0 radical (unpaired) electrons. The van der Waals surface area contributed by atoms with E-state index < -0.39 is 0 Å². The molecule has 136 valence electrons. The Bertz CT molecular complexity index is 784. The van der Waals surface area contributed by atoms with E-state index in [1.54, 1.807) is 23.4 Å². The second-order valence-electron chi connectivity index (χ2n) is 7.55. The quantitative estimate of drug-likeness (QED) is 0.847. The van der Waals surface area contributed by atoms with Crippen molar-refractivity contribution in [3.05, 3.63) is 48.3 Å². The molecule has 26 heavy (non-hydrogen) atoms. The lowest BCUT2D eigenvalue weighted by Crippen LogP contribution is -2.50. The highest BCUT2D eigenvalue weighted by Gasteiger charge is 2.46. The number of nitrogens with zero attached hydrogens (tertiary/aromatic N) is 4. The molecule has 2 aliphatic heterocycles. The summed E-state index contributed by atoms with van der Waals surface area (Å²) >= 11 is 0. The first kappa shape index (κ1) is 17.2. The summed E-state index contributed by atoms with van der Waals surface area (Å²) in [7, 11) is 0. The molecule has 1 fully saturated rings. The second kappa shape index (κ2) is 6.80. The predicted molar refractivity (Wildman–Crippen MR) is 102 cm³/mol. The number of carbonyl (C=O) groups excluding carboxylic acids is 1. The molecule has 1 aromatic carbocycles. The molecule has 5 nitrogen and oxygen atoms in total. The van der Waals surface area contributed by atoms with Gasteiger partial charge in [0.2, 0.25) is 11.9 Å². The van der Waals surface area contributed by atoms with Gasteiger partial charge in [-0.1, -0.05) is 25.1 Å². The molecule has 1 amide bonds. The molecule has 1 aromatic heterocycles. The molecule has 5 heteroatoms. The highest BCUT2D eigenvalue weighted by atomic mass is 16.2. The number of para-hydroxylation sites is 1. The zero-order chi connectivity index (χ0) is 18.1. The number of hydrogen-bond acceptors (Lipinski definition) is 4. The van der Waals surface area contributed by atoms with Crippen LogP contribution in [0.1, 0.15) is 45.1 Å². The van der Waals surface area contributed by atoms with E-state index >= 15 is 0 Å². The van der Waals surface area contributed by atoms with Crippen molar-refractivity contribution in [3.8, 4) is 0 Å². The molecule has 0 N–H and O–H groups in total. The third kappa shape index (κ3) is 2.80. The highest BCUT2D eigenvalue weighted by Crippen LogP contribution is 2.48. The number of likely N-dealkylation sites (tertiary alicyclic amines) is 1. The molecule has 0 saturated carbocycles. The van der Waals surface area contributed by atoms with Crippen molar-refractivity contribution in [1.29, 1.82) is 0 Å². The van der Waals surface area contributed by atoms with E-state index in [0.717, 1.165) is 31.6 Å². The van der Waals surface area contributed by atoms with E-state index in [0.29, 0.717) is 18.4 Å². The van der Waals surface area contributed by atoms with Crippen molar-refractivity contribution in [2.45, 2.75) is 51.0 Å². The summed E-state index contributed by atoms with van der Waals surface area (Å²) in [6.45, 7) is 6.65. The first-order chi connectivity index (χ1) is 12.6. The van der Waals surface area contributed by atoms with Crippen molar-refractivity contribution in [3.63, 3.8) is 0 Å². The number of benzene rings is 1. The molecule has 3 heterocycles. The van der Waals surface area contributed by atoms with Gasteiger partial charge in [-0.15, -0.1) is 0 Å². The average molecular weight is 350 g/mol. The maximum atomic E-state index is 13.1. The van der Waals surface area contributed by atoms with Crippen LogP contribution in [0.4, 0.5) is 11.6 Å². The summed E-state index contributed by atoms with van der Waals surface area (Å²) in [6, 6.07) is 10.7. The monoisotopic (exact) mass is 350 g/mol. The van der Waals surface area contributed by atoms with Gasteiger partial charge in [0.1, 0.15) is 0 Å².